The van der Waals surface area contributed by atoms with Crippen LogP contribution in [-0.4, -0.2) is 28.1 Å². The fourth-order valence-electron chi connectivity index (χ4n) is 3.08. The first kappa shape index (κ1) is 11.0. The molecule has 0 radical (unpaired) electrons. The van der Waals surface area contributed by atoms with Crippen LogP contribution < -0.4 is 10.1 Å². The quantitative estimate of drug-likeness (QED) is 0.896. The van der Waals surface area contributed by atoms with Gasteiger partial charge >= 0.3 is 6.01 Å². The largest absolute Gasteiger partial charge is 0.467 e. The van der Waals surface area contributed by atoms with Crippen LogP contribution >= 0.6 is 11.6 Å². The second kappa shape index (κ2) is 4.29. The third kappa shape index (κ3) is 2.16. The lowest BCUT2D eigenvalue weighted by atomic mass is 9.95. The Balaban J connectivity index is 1.74. The van der Waals surface area contributed by atoms with Crippen molar-refractivity contribution < 1.29 is 4.74 Å². The molecular formula is C11H15ClN4O. The van der Waals surface area contributed by atoms with Crippen molar-refractivity contribution >= 4 is 17.5 Å². The maximum atomic E-state index is 5.81. The molecule has 2 saturated carbocycles. The van der Waals surface area contributed by atoms with Gasteiger partial charge in [0.2, 0.25) is 11.2 Å². The Morgan fingerprint density at radius 3 is 2.76 bits per heavy atom. The fraction of sp³-hybridized carbons (Fsp3) is 0.727. The van der Waals surface area contributed by atoms with E-state index in [-0.39, 0.29) is 11.3 Å². The average molecular weight is 255 g/mol. The van der Waals surface area contributed by atoms with Gasteiger partial charge < -0.3 is 10.1 Å². The van der Waals surface area contributed by atoms with Crippen LogP contribution in [0.4, 0.5) is 5.95 Å². The van der Waals surface area contributed by atoms with Gasteiger partial charge in [0.1, 0.15) is 0 Å². The highest BCUT2D eigenvalue weighted by Crippen LogP contribution is 2.45. The molecule has 1 N–H and O–H groups in total. The molecule has 3 atom stereocenters. The van der Waals surface area contributed by atoms with Gasteiger partial charge in [0.05, 0.1) is 7.11 Å². The van der Waals surface area contributed by atoms with E-state index in [1.807, 2.05) is 0 Å². The van der Waals surface area contributed by atoms with Crippen LogP contribution in [0.3, 0.4) is 0 Å². The molecule has 2 bridgehead atoms. The van der Waals surface area contributed by atoms with Gasteiger partial charge in [-0.15, -0.1) is 0 Å². The zero-order chi connectivity index (χ0) is 11.8. The van der Waals surface area contributed by atoms with Crippen LogP contribution in [0.1, 0.15) is 25.7 Å². The van der Waals surface area contributed by atoms with E-state index in [1.165, 1.54) is 32.8 Å². The smallest absolute Gasteiger partial charge is 0.322 e. The summed E-state index contributed by atoms with van der Waals surface area (Å²) in [5.41, 5.74) is 0. The summed E-state index contributed by atoms with van der Waals surface area (Å²) in [6.45, 7) is 0. The Bertz CT molecular complexity index is 428. The van der Waals surface area contributed by atoms with Gasteiger partial charge in [-0.2, -0.15) is 15.0 Å². The Hall–Kier alpha value is -1.10. The maximum absolute atomic E-state index is 5.81. The Labute approximate surface area is 105 Å². The summed E-state index contributed by atoms with van der Waals surface area (Å²) in [6.07, 6.45) is 5.26. The summed E-state index contributed by atoms with van der Waals surface area (Å²) in [5, 5.41) is 3.53. The molecule has 1 aromatic heterocycles. The Morgan fingerprint density at radius 1 is 1.24 bits per heavy atom. The predicted octanol–water partition coefficient (Wildman–Crippen LogP) is 2.13. The molecule has 0 spiro atoms. The molecular weight excluding hydrogens is 240 g/mol. The number of hydrogen-bond donors (Lipinski definition) is 1. The Morgan fingerprint density at radius 2 is 2.12 bits per heavy atom. The van der Waals surface area contributed by atoms with E-state index in [0.717, 1.165) is 11.8 Å². The molecule has 2 aliphatic rings. The van der Waals surface area contributed by atoms with Crippen molar-refractivity contribution in [2.45, 2.75) is 31.7 Å². The van der Waals surface area contributed by atoms with E-state index in [9.17, 15) is 0 Å². The molecule has 0 aromatic carbocycles. The lowest BCUT2D eigenvalue weighted by molar-refractivity contribution is 0.377. The Kier molecular flexibility index (Phi) is 2.78. The van der Waals surface area contributed by atoms with E-state index in [2.05, 4.69) is 20.3 Å². The molecule has 0 amide bonds. The molecule has 92 valence electrons. The van der Waals surface area contributed by atoms with Gasteiger partial charge in [0.15, 0.2) is 0 Å². The van der Waals surface area contributed by atoms with Crippen molar-refractivity contribution in [2.24, 2.45) is 11.8 Å². The van der Waals surface area contributed by atoms with E-state index < -0.39 is 0 Å². The van der Waals surface area contributed by atoms with E-state index >= 15 is 0 Å². The standard InChI is InChI=1S/C11H15ClN4O/c1-17-11-15-9(12)14-10(16-11)13-8-5-6-2-3-7(8)4-6/h6-8H,2-5H2,1H3,(H,13,14,15,16). The van der Waals surface area contributed by atoms with Crippen LogP contribution in [-0.2, 0) is 0 Å². The van der Waals surface area contributed by atoms with Crippen LogP contribution in [0.2, 0.25) is 5.28 Å². The molecule has 1 heterocycles. The number of rotatable bonds is 3. The predicted molar refractivity (Wildman–Crippen MR) is 64.2 cm³/mol. The van der Waals surface area contributed by atoms with Crippen LogP contribution in [0.5, 0.6) is 6.01 Å². The van der Waals surface area contributed by atoms with Crippen molar-refractivity contribution in [3.63, 3.8) is 0 Å². The van der Waals surface area contributed by atoms with E-state index in [0.29, 0.717) is 12.0 Å². The third-order valence-corrected chi connectivity index (χ3v) is 3.99. The lowest BCUT2D eigenvalue weighted by Gasteiger charge is -2.22. The summed E-state index contributed by atoms with van der Waals surface area (Å²) in [5.74, 6) is 2.18. The molecule has 2 fully saturated rings. The van der Waals surface area contributed by atoms with Crippen molar-refractivity contribution in [3.8, 4) is 6.01 Å². The maximum Gasteiger partial charge on any atom is 0.322 e. The number of aromatic nitrogens is 3. The number of ether oxygens (including phenoxy) is 1. The van der Waals surface area contributed by atoms with Crippen LogP contribution in [0, 0.1) is 11.8 Å². The van der Waals surface area contributed by atoms with Gasteiger partial charge in [0, 0.05) is 6.04 Å². The minimum atomic E-state index is 0.169. The van der Waals surface area contributed by atoms with Gasteiger partial charge in [-0.3, -0.25) is 0 Å². The van der Waals surface area contributed by atoms with Crippen molar-refractivity contribution in [3.05, 3.63) is 5.28 Å². The molecule has 2 aliphatic carbocycles. The highest BCUT2D eigenvalue weighted by molar-refractivity contribution is 6.28. The van der Waals surface area contributed by atoms with Crippen molar-refractivity contribution in [1.29, 1.82) is 0 Å². The van der Waals surface area contributed by atoms with Gasteiger partial charge in [-0.05, 0) is 42.7 Å². The summed E-state index contributed by atoms with van der Waals surface area (Å²) in [6, 6.07) is 0.743. The monoisotopic (exact) mass is 254 g/mol. The molecule has 0 aliphatic heterocycles. The second-order valence-corrected chi connectivity index (χ2v) is 5.18. The summed E-state index contributed by atoms with van der Waals surface area (Å²) in [4.78, 5) is 12.1. The fourth-order valence-corrected chi connectivity index (χ4v) is 3.23. The normalized spacial score (nSPS) is 30.6. The highest BCUT2D eigenvalue weighted by atomic mass is 35.5. The zero-order valence-corrected chi connectivity index (χ0v) is 10.4. The summed E-state index contributed by atoms with van der Waals surface area (Å²) in [7, 11) is 1.52. The molecule has 3 rings (SSSR count). The highest BCUT2D eigenvalue weighted by Gasteiger charge is 2.39. The molecule has 17 heavy (non-hydrogen) atoms. The number of fused-ring (bicyclic) bond motifs is 2. The molecule has 1 aromatic rings. The van der Waals surface area contributed by atoms with E-state index in [4.69, 9.17) is 16.3 Å². The summed E-state index contributed by atoms with van der Waals surface area (Å²) >= 11 is 5.81. The minimum Gasteiger partial charge on any atom is -0.467 e. The number of methoxy groups -OCH3 is 1. The SMILES string of the molecule is COc1nc(Cl)nc(NC2CC3CCC2C3)n1. The van der Waals surface area contributed by atoms with Crippen molar-refractivity contribution in [2.75, 3.05) is 12.4 Å². The minimum absolute atomic E-state index is 0.169. The van der Waals surface area contributed by atoms with E-state index in [1.54, 1.807) is 0 Å². The first-order chi connectivity index (χ1) is 8.24. The van der Waals surface area contributed by atoms with Gasteiger partial charge in [-0.25, -0.2) is 0 Å². The van der Waals surface area contributed by atoms with Crippen LogP contribution in [0.15, 0.2) is 0 Å². The number of hydrogen-bond acceptors (Lipinski definition) is 5. The number of halogens is 1. The number of nitrogens with zero attached hydrogens (tertiary/aromatic N) is 3. The molecule has 0 saturated heterocycles. The van der Waals surface area contributed by atoms with Crippen molar-refractivity contribution in [1.82, 2.24) is 15.0 Å². The van der Waals surface area contributed by atoms with Gasteiger partial charge in [0.25, 0.3) is 0 Å². The molecule has 5 nitrogen and oxygen atoms in total. The summed E-state index contributed by atoms with van der Waals surface area (Å²) < 4.78 is 4.98. The third-order valence-electron chi connectivity index (χ3n) is 3.82. The number of nitrogens with one attached hydrogen (secondary N) is 1. The zero-order valence-electron chi connectivity index (χ0n) is 9.69. The molecule has 6 heteroatoms. The first-order valence-electron chi connectivity index (χ1n) is 5.96. The van der Waals surface area contributed by atoms with Gasteiger partial charge in [-0.1, -0.05) is 6.42 Å². The lowest BCUT2D eigenvalue weighted by Crippen LogP contribution is -2.27. The second-order valence-electron chi connectivity index (χ2n) is 4.84. The molecule has 3 unspecified atom stereocenters. The topological polar surface area (TPSA) is 59.9 Å². The average Bonchev–Trinajstić information content (AvgIpc) is 2.90. The number of anilines is 1. The first-order valence-corrected chi connectivity index (χ1v) is 6.34. The van der Waals surface area contributed by atoms with Crippen LogP contribution in [0.25, 0.3) is 0 Å².